The molecule has 0 spiro atoms. The standard InChI is InChI=1S/C33H45NO4/c1-5-6-7-8-9-10-11-12-13-14-23-34-30(26-17-15-25(16-18-26)24(2)3)29(32(36)33(34)37)31(35)27-19-21-28(38-4)22-20-27/h15-22,24,30,35H,5-14,23H2,1-4H3/t30-/m1/s1. The number of carbonyl (C=O) groups excluding carboxylic acids is 2. The molecule has 1 aliphatic rings. The fraction of sp³-hybridized carbons (Fsp3) is 0.515. The van der Waals surface area contributed by atoms with Crippen LogP contribution in [0.2, 0.25) is 0 Å². The third-order valence-corrected chi connectivity index (χ3v) is 7.57. The molecular formula is C33H45NO4. The van der Waals surface area contributed by atoms with Gasteiger partial charge in [0.25, 0.3) is 11.7 Å². The molecule has 1 fully saturated rings. The number of carbonyl (C=O) groups is 2. The number of methoxy groups -OCH3 is 1. The summed E-state index contributed by atoms with van der Waals surface area (Å²) in [7, 11) is 1.58. The molecule has 1 amide bonds. The molecule has 1 heterocycles. The Morgan fingerprint density at radius 1 is 0.842 bits per heavy atom. The second-order valence-corrected chi connectivity index (χ2v) is 10.7. The van der Waals surface area contributed by atoms with Crippen molar-refractivity contribution in [2.45, 2.75) is 96.9 Å². The van der Waals surface area contributed by atoms with Crippen molar-refractivity contribution in [2.75, 3.05) is 13.7 Å². The lowest BCUT2D eigenvalue weighted by molar-refractivity contribution is -0.139. The van der Waals surface area contributed by atoms with Gasteiger partial charge in [-0.2, -0.15) is 0 Å². The molecule has 0 aliphatic carbocycles. The van der Waals surface area contributed by atoms with Gasteiger partial charge in [-0.1, -0.05) is 103 Å². The molecule has 206 valence electrons. The molecule has 38 heavy (non-hydrogen) atoms. The van der Waals surface area contributed by atoms with Crippen molar-refractivity contribution in [2.24, 2.45) is 0 Å². The van der Waals surface area contributed by atoms with Crippen molar-refractivity contribution in [3.05, 3.63) is 70.8 Å². The van der Waals surface area contributed by atoms with E-state index in [-0.39, 0.29) is 11.3 Å². The van der Waals surface area contributed by atoms with Gasteiger partial charge in [-0.3, -0.25) is 9.59 Å². The fourth-order valence-electron chi connectivity index (χ4n) is 5.19. The number of likely N-dealkylation sites (tertiary alicyclic amines) is 1. The van der Waals surface area contributed by atoms with E-state index < -0.39 is 17.7 Å². The number of amides is 1. The van der Waals surface area contributed by atoms with Gasteiger partial charge in [0.2, 0.25) is 0 Å². The van der Waals surface area contributed by atoms with Crippen molar-refractivity contribution in [3.63, 3.8) is 0 Å². The van der Waals surface area contributed by atoms with Gasteiger partial charge in [0, 0.05) is 12.1 Å². The van der Waals surface area contributed by atoms with E-state index in [4.69, 9.17) is 4.74 Å². The Balaban J connectivity index is 1.76. The Hall–Kier alpha value is -3.08. The minimum Gasteiger partial charge on any atom is -0.507 e. The second-order valence-electron chi connectivity index (χ2n) is 10.7. The van der Waals surface area contributed by atoms with Crippen LogP contribution in [0, 0.1) is 0 Å². The van der Waals surface area contributed by atoms with Crippen molar-refractivity contribution in [1.82, 2.24) is 4.90 Å². The highest BCUT2D eigenvalue weighted by Gasteiger charge is 2.45. The zero-order chi connectivity index (χ0) is 27.5. The molecule has 1 atom stereocenters. The quantitative estimate of drug-likeness (QED) is 0.112. The zero-order valence-electron chi connectivity index (χ0n) is 23.7. The van der Waals surface area contributed by atoms with Crippen LogP contribution >= 0.6 is 0 Å². The summed E-state index contributed by atoms with van der Waals surface area (Å²) in [4.78, 5) is 28.1. The van der Waals surface area contributed by atoms with Crippen LogP contribution in [-0.2, 0) is 9.59 Å². The van der Waals surface area contributed by atoms with Crippen LogP contribution in [0.5, 0.6) is 5.75 Å². The smallest absolute Gasteiger partial charge is 0.295 e. The average Bonchev–Trinajstić information content (AvgIpc) is 3.18. The summed E-state index contributed by atoms with van der Waals surface area (Å²) >= 11 is 0. The number of ether oxygens (including phenoxy) is 1. The van der Waals surface area contributed by atoms with E-state index in [9.17, 15) is 14.7 Å². The van der Waals surface area contributed by atoms with Crippen molar-refractivity contribution >= 4 is 17.4 Å². The molecule has 0 radical (unpaired) electrons. The maximum atomic E-state index is 13.3. The lowest BCUT2D eigenvalue weighted by Crippen LogP contribution is -2.30. The summed E-state index contributed by atoms with van der Waals surface area (Å²) < 4.78 is 5.22. The van der Waals surface area contributed by atoms with E-state index in [0.29, 0.717) is 23.8 Å². The van der Waals surface area contributed by atoms with Crippen LogP contribution in [0.25, 0.3) is 5.76 Å². The second kappa shape index (κ2) is 14.8. The number of aliphatic hydroxyl groups excluding tert-OH is 1. The van der Waals surface area contributed by atoms with Crippen molar-refractivity contribution < 1.29 is 19.4 Å². The molecule has 0 bridgehead atoms. The van der Waals surface area contributed by atoms with E-state index in [1.807, 2.05) is 24.3 Å². The Morgan fingerprint density at radius 3 is 1.92 bits per heavy atom. The van der Waals surface area contributed by atoms with Crippen molar-refractivity contribution in [1.29, 1.82) is 0 Å². The van der Waals surface area contributed by atoms with Crippen LogP contribution < -0.4 is 4.74 Å². The number of hydrogen-bond acceptors (Lipinski definition) is 4. The molecule has 1 aliphatic heterocycles. The molecule has 0 saturated carbocycles. The van der Waals surface area contributed by atoms with Crippen LogP contribution in [0.1, 0.15) is 114 Å². The van der Waals surface area contributed by atoms with E-state index >= 15 is 0 Å². The number of nitrogens with zero attached hydrogens (tertiary/aromatic N) is 1. The number of ketones is 1. The minimum absolute atomic E-state index is 0.144. The summed E-state index contributed by atoms with van der Waals surface area (Å²) in [5.41, 5.74) is 2.68. The third kappa shape index (κ3) is 7.49. The molecule has 5 heteroatoms. The predicted octanol–water partition coefficient (Wildman–Crippen LogP) is 8.16. The van der Waals surface area contributed by atoms with Gasteiger partial charge in [0.05, 0.1) is 18.7 Å². The molecule has 5 nitrogen and oxygen atoms in total. The molecule has 0 aromatic heterocycles. The molecule has 0 unspecified atom stereocenters. The number of Topliss-reactive ketones (excluding diaryl/α,β-unsaturated/α-hetero) is 1. The van der Waals surface area contributed by atoms with Crippen LogP contribution in [0.3, 0.4) is 0 Å². The van der Waals surface area contributed by atoms with Gasteiger partial charge in [-0.25, -0.2) is 0 Å². The van der Waals surface area contributed by atoms with E-state index in [1.165, 1.54) is 50.5 Å². The number of unbranched alkanes of at least 4 members (excludes halogenated alkanes) is 9. The highest BCUT2D eigenvalue weighted by Crippen LogP contribution is 2.40. The Kier molecular flexibility index (Phi) is 11.4. The van der Waals surface area contributed by atoms with Gasteiger partial charge >= 0.3 is 0 Å². The first-order valence-electron chi connectivity index (χ1n) is 14.4. The van der Waals surface area contributed by atoms with E-state index in [1.54, 1.807) is 36.3 Å². The molecule has 1 saturated heterocycles. The molecule has 3 rings (SSSR count). The van der Waals surface area contributed by atoms with Gasteiger partial charge in [0.1, 0.15) is 11.5 Å². The van der Waals surface area contributed by atoms with Gasteiger partial charge in [0.15, 0.2) is 0 Å². The number of hydrogen-bond donors (Lipinski definition) is 1. The highest BCUT2D eigenvalue weighted by molar-refractivity contribution is 6.46. The van der Waals surface area contributed by atoms with Gasteiger partial charge < -0.3 is 14.7 Å². The van der Waals surface area contributed by atoms with Crippen molar-refractivity contribution in [3.8, 4) is 5.75 Å². The maximum absolute atomic E-state index is 13.3. The van der Waals surface area contributed by atoms with Crippen LogP contribution in [-0.4, -0.2) is 35.4 Å². The van der Waals surface area contributed by atoms with E-state index in [2.05, 4.69) is 20.8 Å². The highest BCUT2D eigenvalue weighted by atomic mass is 16.5. The Morgan fingerprint density at radius 2 is 1.39 bits per heavy atom. The molecule has 1 N–H and O–H groups in total. The number of rotatable bonds is 15. The summed E-state index contributed by atoms with van der Waals surface area (Å²) in [6.07, 6.45) is 12.0. The number of aliphatic hydroxyl groups is 1. The van der Waals surface area contributed by atoms with Gasteiger partial charge in [-0.15, -0.1) is 0 Å². The van der Waals surface area contributed by atoms with Crippen LogP contribution in [0.4, 0.5) is 0 Å². The lowest BCUT2D eigenvalue weighted by atomic mass is 9.93. The fourth-order valence-corrected chi connectivity index (χ4v) is 5.19. The maximum Gasteiger partial charge on any atom is 0.295 e. The lowest BCUT2D eigenvalue weighted by Gasteiger charge is -2.25. The van der Waals surface area contributed by atoms with Gasteiger partial charge in [-0.05, 0) is 47.7 Å². The molecule has 2 aromatic rings. The summed E-state index contributed by atoms with van der Waals surface area (Å²) in [6, 6.07) is 14.4. The summed E-state index contributed by atoms with van der Waals surface area (Å²) in [6.45, 7) is 7.01. The topological polar surface area (TPSA) is 66.8 Å². The minimum atomic E-state index is -0.622. The average molecular weight is 520 g/mol. The summed E-state index contributed by atoms with van der Waals surface area (Å²) in [5.74, 6) is -0.267. The zero-order valence-corrected chi connectivity index (χ0v) is 23.7. The van der Waals surface area contributed by atoms with Crippen LogP contribution in [0.15, 0.2) is 54.1 Å². The number of benzene rings is 2. The first-order valence-corrected chi connectivity index (χ1v) is 14.4. The molecule has 2 aromatic carbocycles. The molecular weight excluding hydrogens is 474 g/mol. The Labute approximate surface area is 228 Å². The largest absolute Gasteiger partial charge is 0.507 e. The van der Waals surface area contributed by atoms with E-state index in [0.717, 1.165) is 24.8 Å². The third-order valence-electron chi connectivity index (χ3n) is 7.57. The summed E-state index contributed by atoms with van der Waals surface area (Å²) in [5, 5.41) is 11.2. The first-order chi connectivity index (χ1) is 18.4. The monoisotopic (exact) mass is 519 g/mol. The normalized spacial score (nSPS) is 17.0. The first kappa shape index (κ1) is 29.5. The Bertz CT molecular complexity index is 1070. The predicted molar refractivity (Wildman–Crippen MR) is 154 cm³/mol. The SMILES string of the molecule is CCCCCCCCCCCCN1C(=O)C(=O)C(=C(O)c2ccc(OC)cc2)[C@H]1c1ccc(C(C)C)cc1.